The molecule has 0 radical (unpaired) electrons. The van der Waals surface area contributed by atoms with Crippen molar-refractivity contribution >= 4 is 23.3 Å². The van der Waals surface area contributed by atoms with Gasteiger partial charge in [0.05, 0.1) is 12.7 Å². The van der Waals surface area contributed by atoms with Crippen LogP contribution in [0.5, 0.6) is 0 Å². The molecule has 0 saturated heterocycles. The normalized spacial score (nSPS) is 24.9. The van der Waals surface area contributed by atoms with E-state index in [1.807, 2.05) is 26.0 Å². The van der Waals surface area contributed by atoms with Gasteiger partial charge in [-0.1, -0.05) is 11.6 Å². The topological polar surface area (TPSA) is 47.6 Å². The third-order valence-corrected chi connectivity index (χ3v) is 3.70. The van der Waals surface area contributed by atoms with Gasteiger partial charge in [-0.15, -0.1) is 0 Å². The van der Waals surface area contributed by atoms with E-state index in [1.165, 1.54) is 0 Å². The van der Waals surface area contributed by atoms with Gasteiger partial charge in [0.25, 0.3) is 0 Å². The summed E-state index contributed by atoms with van der Waals surface area (Å²) in [7, 11) is 0. The van der Waals surface area contributed by atoms with E-state index in [2.05, 4.69) is 5.32 Å². The summed E-state index contributed by atoms with van der Waals surface area (Å²) in [6.07, 6.45) is 1.37. The van der Waals surface area contributed by atoms with E-state index < -0.39 is 5.54 Å². The Labute approximate surface area is 124 Å². The van der Waals surface area contributed by atoms with Gasteiger partial charge in [0.2, 0.25) is 0 Å². The van der Waals surface area contributed by atoms with Gasteiger partial charge in [-0.05, 0) is 38.1 Å². The standard InChI is InChI=1S/C15H20ClNO3/c1-3-19-13-9-15(10-13,14(18)20-4-2)17-12-7-5-11(16)6-8-12/h5-8,13,17H,3-4,9-10H2,1-2H3. The predicted octanol–water partition coefficient (Wildman–Crippen LogP) is 3.25. The smallest absolute Gasteiger partial charge is 0.331 e. The number of nitrogens with one attached hydrogen (secondary N) is 1. The highest BCUT2D eigenvalue weighted by Gasteiger charge is 2.52. The van der Waals surface area contributed by atoms with Gasteiger partial charge < -0.3 is 14.8 Å². The highest BCUT2D eigenvalue weighted by Crippen LogP contribution is 2.39. The molecule has 110 valence electrons. The molecule has 4 nitrogen and oxygen atoms in total. The van der Waals surface area contributed by atoms with Crippen molar-refractivity contribution in [1.29, 1.82) is 0 Å². The van der Waals surface area contributed by atoms with Crippen molar-refractivity contribution < 1.29 is 14.3 Å². The van der Waals surface area contributed by atoms with E-state index in [9.17, 15) is 4.79 Å². The maximum Gasteiger partial charge on any atom is 0.331 e. The third kappa shape index (κ3) is 3.25. The minimum Gasteiger partial charge on any atom is -0.464 e. The van der Waals surface area contributed by atoms with Crippen molar-refractivity contribution in [2.75, 3.05) is 18.5 Å². The lowest BCUT2D eigenvalue weighted by Crippen LogP contribution is -2.60. The molecule has 0 atom stereocenters. The van der Waals surface area contributed by atoms with E-state index in [0.717, 1.165) is 5.69 Å². The van der Waals surface area contributed by atoms with Gasteiger partial charge in [0.15, 0.2) is 0 Å². The van der Waals surface area contributed by atoms with Crippen molar-refractivity contribution in [3.63, 3.8) is 0 Å². The Balaban J connectivity index is 2.08. The van der Waals surface area contributed by atoms with Crippen LogP contribution in [0.2, 0.25) is 5.02 Å². The summed E-state index contributed by atoms with van der Waals surface area (Å²) in [6.45, 7) is 4.80. The number of hydrogen-bond acceptors (Lipinski definition) is 4. The van der Waals surface area contributed by atoms with E-state index in [1.54, 1.807) is 12.1 Å². The minimum absolute atomic E-state index is 0.115. The van der Waals surface area contributed by atoms with Crippen LogP contribution in [0.3, 0.4) is 0 Å². The second-order valence-corrected chi connectivity index (χ2v) is 5.36. The Bertz CT molecular complexity index is 455. The maximum atomic E-state index is 12.2. The first-order valence-electron chi connectivity index (χ1n) is 6.92. The maximum absolute atomic E-state index is 12.2. The van der Waals surface area contributed by atoms with Crippen LogP contribution in [0.25, 0.3) is 0 Å². The fourth-order valence-electron chi connectivity index (χ4n) is 2.47. The first-order valence-corrected chi connectivity index (χ1v) is 7.30. The molecule has 20 heavy (non-hydrogen) atoms. The highest BCUT2D eigenvalue weighted by molar-refractivity contribution is 6.30. The fourth-order valence-corrected chi connectivity index (χ4v) is 2.60. The Morgan fingerprint density at radius 3 is 2.50 bits per heavy atom. The van der Waals surface area contributed by atoms with Crippen molar-refractivity contribution in [3.05, 3.63) is 29.3 Å². The molecule has 0 heterocycles. The number of carbonyl (C=O) groups excluding carboxylic acids is 1. The van der Waals surface area contributed by atoms with Crippen molar-refractivity contribution in [2.24, 2.45) is 0 Å². The molecule has 1 N–H and O–H groups in total. The molecule has 1 saturated carbocycles. The number of anilines is 1. The zero-order valence-electron chi connectivity index (χ0n) is 11.8. The van der Waals surface area contributed by atoms with Crippen molar-refractivity contribution in [1.82, 2.24) is 0 Å². The summed E-state index contributed by atoms with van der Waals surface area (Å²) in [5, 5.41) is 3.95. The summed E-state index contributed by atoms with van der Waals surface area (Å²) >= 11 is 5.87. The minimum atomic E-state index is -0.677. The molecule has 5 heteroatoms. The Hall–Kier alpha value is -1.26. The van der Waals surface area contributed by atoms with Crippen LogP contribution < -0.4 is 5.32 Å². The molecule has 0 aliphatic heterocycles. The molecule has 1 fully saturated rings. The largest absolute Gasteiger partial charge is 0.464 e. The molecule has 0 aromatic heterocycles. The van der Waals surface area contributed by atoms with Crippen molar-refractivity contribution in [2.45, 2.75) is 38.3 Å². The molecule has 2 rings (SSSR count). The monoisotopic (exact) mass is 297 g/mol. The molecule has 0 spiro atoms. The molecule has 0 bridgehead atoms. The van der Waals surface area contributed by atoms with E-state index in [4.69, 9.17) is 21.1 Å². The van der Waals surface area contributed by atoms with Gasteiger partial charge in [-0.3, -0.25) is 0 Å². The Morgan fingerprint density at radius 1 is 1.30 bits per heavy atom. The quantitative estimate of drug-likeness (QED) is 0.819. The SMILES string of the molecule is CCOC(=O)C1(Nc2ccc(Cl)cc2)CC(OCC)C1. The number of halogens is 1. The average molecular weight is 298 g/mol. The molecule has 1 aliphatic rings. The molecule has 0 amide bonds. The second-order valence-electron chi connectivity index (χ2n) is 4.92. The molecule has 0 unspecified atom stereocenters. The predicted molar refractivity (Wildman–Crippen MR) is 79.1 cm³/mol. The van der Waals surface area contributed by atoms with E-state index in [0.29, 0.717) is 31.1 Å². The van der Waals surface area contributed by atoms with Gasteiger partial charge >= 0.3 is 5.97 Å². The fraction of sp³-hybridized carbons (Fsp3) is 0.533. The molecular weight excluding hydrogens is 278 g/mol. The van der Waals surface area contributed by atoms with E-state index in [-0.39, 0.29) is 12.1 Å². The van der Waals surface area contributed by atoms with Crippen LogP contribution in [0.4, 0.5) is 5.69 Å². The molecule has 1 aromatic rings. The highest BCUT2D eigenvalue weighted by atomic mass is 35.5. The number of esters is 1. The van der Waals surface area contributed by atoms with Crippen LogP contribution in [0.1, 0.15) is 26.7 Å². The zero-order chi connectivity index (χ0) is 14.6. The molecular formula is C15H20ClNO3. The summed E-state index contributed by atoms with van der Waals surface area (Å²) in [6, 6.07) is 7.30. The lowest BCUT2D eigenvalue weighted by atomic mass is 9.74. The molecule has 1 aromatic carbocycles. The van der Waals surface area contributed by atoms with Gasteiger partial charge in [-0.25, -0.2) is 4.79 Å². The number of rotatable bonds is 6. The van der Waals surface area contributed by atoms with Crippen LogP contribution in [-0.4, -0.2) is 30.8 Å². The Kier molecular flexibility index (Phi) is 4.89. The second kappa shape index (κ2) is 6.46. The summed E-state index contributed by atoms with van der Waals surface area (Å²) < 4.78 is 10.7. The lowest BCUT2D eigenvalue weighted by Gasteiger charge is -2.45. The molecule has 1 aliphatic carbocycles. The van der Waals surface area contributed by atoms with Crippen LogP contribution in [-0.2, 0) is 14.3 Å². The van der Waals surface area contributed by atoms with Crippen LogP contribution in [0.15, 0.2) is 24.3 Å². The van der Waals surface area contributed by atoms with Crippen molar-refractivity contribution in [3.8, 4) is 0 Å². The first-order chi connectivity index (χ1) is 9.59. The first kappa shape index (κ1) is 15.1. The lowest BCUT2D eigenvalue weighted by molar-refractivity contribution is -0.158. The number of benzene rings is 1. The summed E-state index contributed by atoms with van der Waals surface area (Å²) in [5.74, 6) is -0.217. The van der Waals surface area contributed by atoms with Gasteiger partial charge in [0, 0.05) is 30.2 Å². The van der Waals surface area contributed by atoms with E-state index >= 15 is 0 Å². The summed E-state index contributed by atoms with van der Waals surface area (Å²) in [4.78, 5) is 12.2. The number of hydrogen-bond donors (Lipinski definition) is 1. The Morgan fingerprint density at radius 2 is 1.95 bits per heavy atom. The van der Waals surface area contributed by atoms with Crippen LogP contribution >= 0.6 is 11.6 Å². The zero-order valence-corrected chi connectivity index (χ0v) is 12.6. The number of carbonyl (C=O) groups is 1. The summed E-state index contributed by atoms with van der Waals surface area (Å²) in [5.41, 5.74) is 0.182. The van der Waals surface area contributed by atoms with Crippen LogP contribution in [0, 0.1) is 0 Å². The van der Waals surface area contributed by atoms with Gasteiger partial charge in [0.1, 0.15) is 5.54 Å². The third-order valence-electron chi connectivity index (χ3n) is 3.45. The number of ether oxygens (including phenoxy) is 2. The average Bonchev–Trinajstić information content (AvgIpc) is 2.39. The van der Waals surface area contributed by atoms with Gasteiger partial charge in [-0.2, -0.15) is 0 Å².